The summed E-state index contributed by atoms with van der Waals surface area (Å²) in [6, 6.07) is 2.54. The summed E-state index contributed by atoms with van der Waals surface area (Å²) >= 11 is 0. The normalized spacial score (nSPS) is 22.4. The number of nitrogens with one attached hydrogen (secondary N) is 3. The summed E-state index contributed by atoms with van der Waals surface area (Å²) in [4.78, 5) is 91.5. The van der Waals surface area contributed by atoms with Crippen molar-refractivity contribution < 1.29 is 73.3 Å². The zero-order chi connectivity index (χ0) is 45.8. The number of benzene rings is 1. The molecule has 20 heteroatoms. The summed E-state index contributed by atoms with van der Waals surface area (Å²) in [6.07, 6.45) is -7.24. The number of carboxylic acid groups (broad SMARTS) is 1. The average molecular weight is 864 g/mol. The Kier molecular flexibility index (Phi) is 18.8. The summed E-state index contributed by atoms with van der Waals surface area (Å²) in [5, 5.41) is 58.4. The van der Waals surface area contributed by atoms with E-state index in [1.807, 2.05) is 0 Å². The lowest BCUT2D eigenvalue weighted by atomic mass is 9.91. The first-order valence-electron chi connectivity index (χ1n) is 20.2. The fourth-order valence-electron chi connectivity index (χ4n) is 6.36. The Hall–Kier alpha value is -4.99. The number of amides is 5. The molecular formula is C41H61N5O15. The molecule has 1 aromatic carbocycles. The van der Waals surface area contributed by atoms with Crippen LogP contribution in [0.3, 0.4) is 0 Å². The van der Waals surface area contributed by atoms with Crippen molar-refractivity contribution in [3.8, 4) is 0 Å². The lowest BCUT2D eigenvalue weighted by Gasteiger charge is -2.39. The Bertz CT molecular complexity index is 1760. The van der Waals surface area contributed by atoms with E-state index >= 15 is 0 Å². The zero-order valence-electron chi connectivity index (χ0n) is 35.7. The molecule has 1 aromatic rings. The molecule has 0 aliphatic carbocycles. The van der Waals surface area contributed by atoms with Gasteiger partial charge in [0.15, 0.2) is 6.10 Å². The molecule has 61 heavy (non-hydrogen) atoms. The first kappa shape index (κ1) is 50.4. The monoisotopic (exact) mass is 863 g/mol. The Morgan fingerprint density at radius 1 is 0.934 bits per heavy atom. The SMILES string of the molecule is CCOCCN(CCC(=O)N[C@H](C(=O)N[C@@H](C)C(=O)Nc1ccc(COC(=O)C(C)(C)C)c(CC[C@@H]2O[C@H](C(=O)O)[C@@H](O)[C@H](O)[C@H]2O)c1)C(C)C)C(=O)CN1C(=O)C=CC1O. The van der Waals surface area contributed by atoms with Crippen LogP contribution in [0, 0.1) is 11.3 Å². The summed E-state index contributed by atoms with van der Waals surface area (Å²) in [5.74, 6) is -5.31. The Morgan fingerprint density at radius 2 is 1.62 bits per heavy atom. The van der Waals surface area contributed by atoms with Crippen LogP contribution in [0.5, 0.6) is 0 Å². The molecule has 3 rings (SSSR count). The highest BCUT2D eigenvalue weighted by Gasteiger charge is 2.46. The number of carboxylic acids is 1. The average Bonchev–Trinajstić information content (AvgIpc) is 3.50. The van der Waals surface area contributed by atoms with Crippen molar-refractivity contribution in [3.63, 3.8) is 0 Å². The van der Waals surface area contributed by atoms with Crippen molar-refractivity contribution in [1.82, 2.24) is 20.4 Å². The first-order chi connectivity index (χ1) is 28.5. The van der Waals surface area contributed by atoms with Crippen molar-refractivity contribution >= 4 is 47.2 Å². The number of rotatable bonds is 21. The van der Waals surface area contributed by atoms with E-state index in [1.54, 1.807) is 59.7 Å². The molecule has 2 heterocycles. The fraction of sp³-hybridized carbons (Fsp3) is 0.634. The highest BCUT2D eigenvalue weighted by molar-refractivity contribution is 5.98. The van der Waals surface area contributed by atoms with E-state index in [-0.39, 0.29) is 51.3 Å². The van der Waals surface area contributed by atoms with Crippen molar-refractivity contribution in [3.05, 3.63) is 41.5 Å². The number of anilines is 1. The molecule has 0 spiro atoms. The van der Waals surface area contributed by atoms with Gasteiger partial charge in [0.2, 0.25) is 29.5 Å². The van der Waals surface area contributed by atoms with Gasteiger partial charge in [-0.25, -0.2) is 4.79 Å². The molecule has 0 aromatic heterocycles. The molecule has 1 saturated heterocycles. The predicted octanol–water partition coefficient (Wildman–Crippen LogP) is -0.801. The summed E-state index contributed by atoms with van der Waals surface area (Å²) in [5.41, 5.74) is 0.501. The zero-order valence-corrected chi connectivity index (χ0v) is 35.7. The topological polar surface area (TPSA) is 291 Å². The number of aliphatic hydroxyl groups is 4. The minimum absolute atomic E-state index is 0.0375. The second-order valence-corrected chi connectivity index (χ2v) is 16.3. The molecule has 5 amide bonds. The number of aryl methyl sites for hydroxylation is 1. The number of aliphatic hydroxyl groups excluding tert-OH is 4. The molecular weight excluding hydrogens is 802 g/mol. The smallest absolute Gasteiger partial charge is 0.335 e. The van der Waals surface area contributed by atoms with E-state index in [0.29, 0.717) is 17.7 Å². The van der Waals surface area contributed by atoms with Gasteiger partial charge in [0.25, 0.3) is 0 Å². The number of nitrogens with zero attached hydrogens (tertiary/aromatic N) is 2. The molecule has 1 unspecified atom stereocenters. The fourth-order valence-corrected chi connectivity index (χ4v) is 6.36. The molecule has 0 saturated carbocycles. The third-order valence-electron chi connectivity index (χ3n) is 10.1. The van der Waals surface area contributed by atoms with E-state index in [1.165, 1.54) is 17.9 Å². The van der Waals surface area contributed by atoms with E-state index in [0.717, 1.165) is 11.0 Å². The molecule has 20 nitrogen and oxygen atoms in total. The molecule has 2 aliphatic rings. The molecule has 2 aliphatic heterocycles. The quantitative estimate of drug-likeness (QED) is 0.0555. The van der Waals surface area contributed by atoms with Gasteiger partial charge in [0.05, 0.1) is 18.1 Å². The van der Waals surface area contributed by atoms with Crippen molar-refractivity contribution in [2.24, 2.45) is 11.3 Å². The van der Waals surface area contributed by atoms with Crippen molar-refractivity contribution in [2.45, 2.75) is 123 Å². The second kappa shape index (κ2) is 22.7. The largest absolute Gasteiger partial charge is 0.479 e. The van der Waals surface area contributed by atoms with Crippen LogP contribution in [0.2, 0.25) is 0 Å². The molecule has 1 fully saturated rings. The number of carbonyl (C=O) groups is 7. The van der Waals surface area contributed by atoms with Gasteiger partial charge in [0, 0.05) is 37.9 Å². The minimum Gasteiger partial charge on any atom is -0.479 e. The van der Waals surface area contributed by atoms with Gasteiger partial charge >= 0.3 is 11.9 Å². The summed E-state index contributed by atoms with van der Waals surface area (Å²) < 4.78 is 16.3. The van der Waals surface area contributed by atoms with Crippen LogP contribution < -0.4 is 16.0 Å². The number of hydrogen-bond donors (Lipinski definition) is 8. The maximum Gasteiger partial charge on any atom is 0.335 e. The molecule has 8 atom stereocenters. The highest BCUT2D eigenvalue weighted by atomic mass is 16.6. The number of aliphatic carboxylic acids is 1. The van der Waals surface area contributed by atoms with E-state index in [2.05, 4.69) is 16.0 Å². The van der Waals surface area contributed by atoms with Gasteiger partial charge in [-0.1, -0.05) is 19.9 Å². The van der Waals surface area contributed by atoms with Crippen molar-refractivity contribution in [1.29, 1.82) is 0 Å². The number of ether oxygens (including phenoxy) is 3. The third-order valence-corrected chi connectivity index (χ3v) is 10.1. The molecule has 340 valence electrons. The number of carbonyl (C=O) groups excluding carboxylic acids is 6. The van der Waals surface area contributed by atoms with Crippen LogP contribution in [-0.2, 0) is 60.8 Å². The van der Waals surface area contributed by atoms with Gasteiger partial charge in [0.1, 0.15) is 49.8 Å². The number of hydrogen-bond acceptors (Lipinski definition) is 14. The van der Waals surface area contributed by atoms with Gasteiger partial charge in [-0.05, 0) is 82.7 Å². The Labute approximate surface area is 354 Å². The first-order valence-corrected chi connectivity index (χ1v) is 20.2. The second-order valence-electron chi connectivity index (χ2n) is 16.3. The van der Waals surface area contributed by atoms with Crippen LogP contribution in [0.1, 0.15) is 72.4 Å². The summed E-state index contributed by atoms with van der Waals surface area (Å²) in [7, 11) is 0. The summed E-state index contributed by atoms with van der Waals surface area (Å²) in [6.45, 7) is 11.7. The van der Waals surface area contributed by atoms with E-state index in [9.17, 15) is 59.1 Å². The number of esters is 1. The van der Waals surface area contributed by atoms with Crippen molar-refractivity contribution in [2.75, 3.05) is 38.2 Å². The molecule has 0 bridgehead atoms. The molecule has 8 N–H and O–H groups in total. The maximum atomic E-state index is 13.4. The van der Waals surface area contributed by atoms with Crippen LogP contribution in [-0.4, -0.2) is 158 Å². The molecule has 0 radical (unpaired) electrons. The standard InChI is InChI=1S/C41H61N5O15/c1-8-59-18-17-45(31(50)20-46-29(48)13-14-30(46)49)16-15-28(47)44-32(22(2)3)38(55)42-23(4)37(54)43-26-11-9-25(21-60-40(58)41(5,6)7)24(19-26)10-12-27-33(51)34(52)35(53)36(61-27)39(56)57/h9,11,13-14,19,22-23,27,29,32-36,48,51-53H,8,10,12,15-18,20-21H2,1-7H3,(H,42,55)(H,43,54)(H,44,47)(H,56,57)/t23-,27-,29?,32-,33-,34+,35-,36-/m0/s1. The maximum absolute atomic E-state index is 13.4. The van der Waals surface area contributed by atoms with Crippen LogP contribution in [0.25, 0.3) is 0 Å². The van der Waals surface area contributed by atoms with Crippen LogP contribution in [0.4, 0.5) is 5.69 Å². The predicted molar refractivity (Wildman–Crippen MR) is 216 cm³/mol. The van der Waals surface area contributed by atoms with Gasteiger partial charge < -0.3 is 65.5 Å². The van der Waals surface area contributed by atoms with Gasteiger partial charge in [-0.3, -0.25) is 28.8 Å². The van der Waals surface area contributed by atoms with E-state index in [4.69, 9.17) is 14.2 Å². The van der Waals surface area contributed by atoms with Gasteiger partial charge in [-0.2, -0.15) is 0 Å². The minimum atomic E-state index is -1.86. The van der Waals surface area contributed by atoms with Crippen LogP contribution >= 0.6 is 0 Å². The van der Waals surface area contributed by atoms with E-state index < -0.39 is 108 Å². The lowest BCUT2D eigenvalue weighted by Crippen LogP contribution is -2.59. The Balaban J connectivity index is 1.67. The third kappa shape index (κ3) is 14.6. The highest BCUT2D eigenvalue weighted by Crippen LogP contribution is 2.27. The lowest BCUT2D eigenvalue weighted by molar-refractivity contribution is -0.228. The Morgan fingerprint density at radius 3 is 2.21 bits per heavy atom. The van der Waals surface area contributed by atoms with Crippen LogP contribution in [0.15, 0.2) is 30.4 Å². The van der Waals surface area contributed by atoms with Gasteiger partial charge in [-0.15, -0.1) is 0 Å².